The third-order valence-electron chi connectivity index (χ3n) is 3.64. The zero-order valence-electron chi connectivity index (χ0n) is 13.4. The first kappa shape index (κ1) is 15.9. The summed E-state index contributed by atoms with van der Waals surface area (Å²) in [6, 6.07) is 13.0. The molecule has 0 aliphatic rings. The van der Waals surface area contributed by atoms with Gasteiger partial charge in [-0.25, -0.2) is 13.9 Å². The van der Waals surface area contributed by atoms with Gasteiger partial charge in [0.05, 0.1) is 23.6 Å². The maximum absolute atomic E-state index is 13.0. The first-order chi connectivity index (χ1) is 11.6. The highest BCUT2D eigenvalue weighted by Crippen LogP contribution is 2.23. The predicted molar refractivity (Wildman–Crippen MR) is 87.4 cm³/mol. The monoisotopic (exact) mass is 325 g/mol. The molecule has 3 aromatic rings. The quantitative estimate of drug-likeness (QED) is 0.688. The van der Waals surface area contributed by atoms with Gasteiger partial charge in [0.15, 0.2) is 0 Å². The molecule has 0 aliphatic heterocycles. The number of benzene rings is 2. The lowest BCUT2D eigenvalue weighted by molar-refractivity contribution is 0.0526. The van der Waals surface area contributed by atoms with Crippen LogP contribution in [0.15, 0.2) is 48.5 Å². The minimum atomic E-state index is -0.351. The molecule has 0 bridgehead atoms. The first-order valence-corrected chi connectivity index (χ1v) is 7.56. The van der Waals surface area contributed by atoms with Crippen molar-refractivity contribution in [1.82, 2.24) is 15.0 Å². The van der Waals surface area contributed by atoms with Gasteiger partial charge in [0.1, 0.15) is 11.5 Å². The Morgan fingerprint density at radius 1 is 1.12 bits per heavy atom. The lowest BCUT2D eigenvalue weighted by atomic mass is 10.1. The number of halogens is 1. The van der Waals surface area contributed by atoms with Crippen LogP contribution < -0.4 is 0 Å². The Kier molecular flexibility index (Phi) is 4.37. The predicted octanol–water partition coefficient (Wildman–Crippen LogP) is 3.56. The second-order valence-electron chi connectivity index (χ2n) is 5.21. The van der Waals surface area contributed by atoms with Crippen LogP contribution in [0.3, 0.4) is 0 Å². The third kappa shape index (κ3) is 3.03. The molecule has 3 rings (SSSR count). The van der Waals surface area contributed by atoms with Gasteiger partial charge in [-0.2, -0.15) is 0 Å². The molecule has 0 atom stereocenters. The summed E-state index contributed by atoms with van der Waals surface area (Å²) < 4.78 is 19.7. The van der Waals surface area contributed by atoms with Crippen molar-refractivity contribution in [3.8, 4) is 16.9 Å². The van der Waals surface area contributed by atoms with E-state index < -0.39 is 0 Å². The van der Waals surface area contributed by atoms with Crippen LogP contribution in [-0.2, 0) is 4.74 Å². The summed E-state index contributed by atoms with van der Waals surface area (Å²) >= 11 is 0. The molecular weight excluding hydrogens is 309 g/mol. The fraction of sp³-hybridized carbons (Fsp3) is 0.167. The van der Waals surface area contributed by atoms with Crippen LogP contribution in [0.25, 0.3) is 16.9 Å². The van der Waals surface area contributed by atoms with Crippen molar-refractivity contribution in [2.24, 2.45) is 0 Å². The third-order valence-corrected chi connectivity index (χ3v) is 3.64. The van der Waals surface area contributed by atoms with Gasteiger partial charge >= 0.3 is 5.97 Å². The van der Waals surface area contributed by atoms with Crippen LogP contribution in [-0.4, -0.2) is 27.6 Å². The van der Waals surface area contributed by atoms with Crippen LogP contribution >= 0.6 is 0 Å². The van der Waals surface area contributed by atoms with E-state index in [1.807, 2.05) is 6.92 Å². The van der Waals surface area contributed by atoms with Crippen molar-refractivity contribution in [3.05, 3.63) is 65.6 Å². The number of carbonyl (C=O) groups excluding carboxylic acids is 1. The van der Waals surface area contributed by atoms with Gasteiger partial charge in [-0.3, -0.25) is 0 Å². The minimum Gasteiger partial charge on any atom is -0.462 e. The number of rotatable bonds is 4. The number of aromatic nitrogens is 3. The topological polar surface area (TPSA) is 57.0 Å². The van der Waals surface area contributed by atoms with Gasteiger partial charge in [0, 0.05) is 5.56 Å². The Bertz CT molecular complexity index is 855. The molecule has 0 aliphatic carbocycles. The lowest BCUT2D eigenvalue weighted by Gasteiger charge is -2.05. The van der Waals surface area contributed by atoms with E-state index in [1.54, 1.807) is 48.0 Å². The largest absolute Gasteiger partial charge is 0.462 e. The number of hydrogen-bond acceptors (Lipinski definition) is 4. The molecule has 0 radical (unpaired) electrons. The SMILES string of the molecule is CCOC(=O)c1ccc(-c2nnn(-c3ccc(F)cc3)c2C)cc1. The standard InChI is InChI=1S/C18H16FN3O2/c1-3-24-18(23)14-6-4-13(5-7-14)17-12(2)22(21-20-17)16-10-8-15(19)9-11-16/h4-11H,3H2,1-2H3. The molecule has 0 spiro atoms. The summed E-state index contributed by atoms with van der Waals surface area (Å²) in [5.74, 6) is -0.651. The van der Waals surface area contributed by atoms with E-state index in [0.717, 1.165) is 16.9 Å². The summed E-state index contributed by atoms with van der Waals surface area (Å²) in [4.78, 5) is 11.7. The number of carbonyl (C=O) groups is 1. The molecule has 1 heterocycles. The fourth-order valence-corrected chi connectivity index (χ4v) is 2.40. The number of ether oxygens (including phenoxy) is 1. The molecule has 2 aromatic carbocycles. The summed E-state index contributed by atoms with van der Waals surface area (Å²) in [7, 11) is 0. The van der Waals surface area contributed by atoms with Gasteiger partial charge in [-0.05, 0) is 50.2 Å². The average molecular weight is 325 g/mol. The van der Waals surface area contributed by atoms with Gasteiger partial charge in [0.2, 0.25) is 0 Å². The zero-order chi connectivity index (χ0) is 17.1. The highest BCUT2D eigenvalue weighted by molar-refractivity contribution is 5.90. The van der Waals surface area contributed by atoms with E-state index in [0.29, 0.717) is 17.9 Å². The Labute approximate surface area is 138 Å². The number of nitrogens with zero attached hydrogens (tertiary/aromatic N) is 3. The van der Waals surface area contributed by atoms with Crippen molar-refractivity contribution < 1.29 is 13.9 Å². The van der Waals surface area contributed by atoms with Crippen molar-refractivity contribution in [3.63, 3.8) is 0 Å². The normalized spacial score (nSPS) is 10.6. The van der Waals surface area contributed by atoms with Crippen molar-refractivity contribution in [2.45, 2.75) is 13.8 Å². The van der Waals surface area contributed by atoms with E-state index in [2.05, 4.69) is 10.3 Å². The lowest BCUT2D eigenvalue weighted by Crippen LogP contribution is -2.04. The molecular formula is C18H16FN3O2. The van der Waals surface area contributed by atoms with E-state index in [9.17, 15) is 9.18 Å². The van der Waals surface area contributed by atoms with Crippen LogP contribution in [0.5, 0.6) is 0 Å². The van der Waals surface area contributed by atoms with Gasteiger partial charge in [-0.15, -0.1) is 5.10 Å². The highest BCUT2D eigenvalue weighted by Gasteiger charge is 2.13. The Balaban J connectivity index is 1.91. The molecule has 24 heavy (non-hydrogen) atoms. The van der Waals surface area contributed by atoms with Crippen molar-refractivity contribution >= 4 is 5.97 Å². The summed E-state index contributed by atoms with van der Waals surface area (Å²) in [6.07, 6.45) is 0. The molecule has 1 aromatic heterocycles. The number of hydrogen-bond donors (Lipinski definition) is 0. The van der Waals surface area contributed by atoms with Gasteiger partial charge < -0.3 is 4.74 Å². The molecule has 0 unspecified atom stereocenters. The van der Waals surface area contributed by atoms with E-state index in [1.165, 1.54) is 12.1 Å². The van der Waals surface area contributed by atoms with Gasteiger partial charge in [-0.1, -0.05) is 17.3 Å². The van der Waals surface area contributed by atoms with Gasteiger partial charge in [0.25, 0.3) is 0 Å². The van der Waals surface area contributed by atoms with E-state index in [-0.39, 0.29) is 11.8 Å². The molecule has 0 saturated carbocycles. The van der Waals surface area contributed by atoms with Crippen LogP contribution in [0.4, 0.5) is 4.39 Å². The second-order valence-corrected chi connectivity index (χ2v) is 5.21. The maximum atomic E-state index is 13.0. The summed E-state index contributed by atoms with van der Waals surface area (Å²) in [5.41, 5.74) is 3.59. The molecule has 5 nitrogen and oxygen atoms in total. The Morgan fingerprint density at radius 3 is 2.42 bits per heavy atom. The Hall–Kier alpha value is -3.02. The molecule has 122 valence electrons. The molecule has 0 saturated heterocycles. The van der Waals surface area contributed by atoms with Crippen molar-refractivity contribution in [2.75, 3.05) is 6.61 Å². The van der Waals surface area contributed by atoms with Crippen LogP contribution in [0.1, 0.15) is 23.0 Å². The van der Waals surface area contributed by atoms with Crippen LogP contribution in [0, 0.1) is 12.7 Å². The molecule has 0 amide bonds. The van der Waals surface area contributed by atoms with E-state index in [4.69, 9.17) is 4.74 Å². The van der Waals surface area contributed by atoms with Crippen molar-refractivity contribution in [1.29, 1.82) is 0 Å². The highest BCUT2D eigenvalue weighted by atomic mass is 19.1. The summed E-state index contributed by atoms with van der Waals surface area (Å²) in [6.45, 7) is 3.99. The molecule has 6 heteroatoms. The molecule has 0 N–H and O–H groups in total. The Morgan fingerprint density at radius 2 is 1.79 bits per heavy atom. The summed E-state index contributed by atoms with van der Waals surface area (Å²) in [5, 5.41) is 8.33. The number of esters is 1. The smallest absolute Gasteiger partial charge is 0.338 e. The second kappa shape index (κ2) is 6.62. The maximum Gasteiger partial charge on any atom is 0.338 e. The first-order valence-electron chi connectivity index (χ1n) is 7.56. The minimum absolute atomic E-state index is 0.300. The molecule has 0 fully saturated rings. The average Bonchev–Trinajstić information content (AvgIpc) is 2.97. The zero-order valence-corrected chi connectivity index (χ0v) is 13.4. The van der Waals surface area contributed by atoms with E-state index >= 15 is 0 Å². The van der Waals surface area contributed by atoms with Crippen LogP contribution in [0.2, 0.25) is 0 Å². The fourth-order valence-electron chi connectivity index (χ4n) is 2.40.